The topological polar surface area (TPSA) is 77.9 Å². The number of nitrogens with zero attached hydrogens (tertiary/aromatic N) is 2. The molecule has 0 saturated carbocycles. The number of carboxylic acids is 1. The van der Waals surface area contributed by atoms with Gasteiger partial charge in [-0.05, 0) is 68.8 Å². The third-order valence-corrected chi connectivity index (χ3v) is 9.06. The summed E-state index contributed by atoms with van der Waals surface area (Å²) in [6.45, 7) is 2.37. The fourth-order valence-corrected chi connectivity index (χ4v) is 7.08. The van der Waals surface area contributed by atoms with Crippen LogP contribution in [0.4, 0.5) is 5.69 Å². The molecule has 1 heterocycles. The SMILES string of the molecule is CC(CCCN1CSCC1C(=O)O)N(c1cc(Cl)ccc1Cl)S(=O)(=O)c1ccc(Cl)cc1. The van der Waals surface area contributed by atoms with Crippen molar-refractivity contribution < 1.29 is 18.3 Å². The van der Waals surface area contributed by atoms with Crippen LogP contribution < -0.4 is 4.31 Å². The zero-order valence-corrected chi connectivity index (χ0v) is 21.1. The van der Waals surface area contributed by atoms with Crippen LogP contribution in [0.1, 0.15) is 19.8 Å². The summed E-state index contributed by atoms with van der Waals surface area (Å²) in [4.78, 5) is 13.4. The van der Waals surface area contributed by atoms with Gasteiger partial charge in [-0.1, -0.05) is 34.8 Å². The minimum absolute atomic E-state index is 0.0895. The molecule has 2 unspecified atom stereocenters. The number of halogens is 3. The fraction of sp³-hybridized carbons (Fsp3) is 0.381. The quantitative estimate of drug-likeness (QED) is 0.457. The minimum atomic E-state index is -3.96. The Labute approximate surface area is 207 Å². The first kappa shape index (κ1) is 25.5. The van der Waals surface area contributed by atoms with Crippen molar-refractivity contribution in [3.63, 3.8) is 0 Å². The van der Waals surface area contributed by atoms with Crippen LogP contribution in [-0.2, 0) is 14.8 Å². The standard InChI is InChI=1S/C21H23Cl3N2O4S2/c1-14(3-2-10-25-13-31-12-20(25)21(27)28)26(19-11-16(23)6-9-18(19)24)32(29,30)17-7-4-15(22)5-8-17/h4-9,11,14,20H,2-3,10,12-13H2,1H3,(H,27,28). The van der Waals surface area contributed by atoms with E-state index in [9.17, 15) is 18.3 Å². The molecule has 2 aromatic carbocycles. The Hall–Kier alpha value is -1.16. The van der Waals surface area contributed by atoms with E-state index in [2.05, 4.69) is 0 Å². The van der Waals surface area contributed by atoms with Gasteiger partial charge in [-0.2, -0.15) is 0 Å². The van der Waals surface area contributed by atoms with E-state index in [4.69, 9.17) is 34.8 Å². The molecule has 0 amide bonds. The number of aliphatic carboxylic acids is 1. The fourth-order valence-electron chi connectivity index (χ4n) is 3.61. The van der Waals surface area contributed by atoms with Crippen LogP contribution >= 0.6 is 46.6 Å². The lowest BCUT2D eigenvalue weighted by Crippen LogP contribution is -2.41. The number of hydrogen-bond donors (Lipinski definition) is 1. The average molecular weight is 538 g/mol. The smallest absolute Gasteiger partial charge is 0.321 e. The van der Waals surface area contributed by atoms with Gasteiger partial charge in [0.05, 0.1) is 15.6 Å². The lowest BCUT2D eigenvalue weighted by molar-refractivity contribution is -0.141. The maximum Gasteiger partial charge on any atom is 0.321 e. The molecule has 1 aliphatic heterocycles. The van der Waals surface area contributed by atoms with E-state index in [-0.39, 0.29) is 9.92 Å². The highest BCUT2D eigenvalue weighted by molar-refractivity contribution is 7.99. The Balaban J connectivity index is 1.86. The summed E-state index contributed by atoms with van der Waals surface area (Å²) < 4.78 is 28.5. The summed E-state index contributed by atoms with van der Waals surface area (Å²) in [5, 5.41) is 10.4. The highest BCUT2D eigenvalue weighted by Gasteiger charge is 2.33. The van der Waals surface area contributed by atoms with Crippen LogP contribution in [0.2, 0.25) is 15.1 Å². The van der Waals surface area contributed by atoms with Crippen molar-refractivity contribution in [1.82, 2.24) is 4.90 Å². The molecule has 1 saturated heterocycles. The van der Waals surface area contributed by atoms with E-state index in [1.165, 1.54) is 34.6 Å². The monoisotopic (exact) mass is 536 g/mol. The van der Waals surface area contributed by atoms with Crippen LogP contribution in [0.5, 0.6) is 0 Å². The Kier molecular flexibility index (Phi) is 8.63. The van der Waals surface area contributed by atoms with Crippen LogP contribution in [0.3, 0.4) is 0 Å². The third kappa shape index (κ3) is 5.85. The van der Waals surface area contributed by atoms with Crippen LogP contribution in [-0.4, -0.2) is 54.7 Å². The number of sulfonamides is 1. The number of hydrogen-bond acceptors (Lipinski definition) is 5. The number of thioether (sulfide) groups is 1. The second-order valence-corrected chi connectivity index (χ2v) is 11.6. The van der Waals surface area contributed by atoms with Crippen molar-refractivity contribution in [2.45, 2.75) is 36.7 Å². The highest BCUT2D eigenvalue weighted by atomic mass is 35.5. The molecular formula is C21H23Cl3N2O4S2. The van der Waals surface area contributed by atoms with Gasteiger partial charge in [0, 0.05) is 27.7 Å². The van der Waals surface area contributed by atoms with Crippen molar-refractivity contribution in [2.24, 2.45) is 0 Å². The Morgan fingerprint density at radius 3 is 2.50 bits per heavy atom. The molecule has 2 aromatic rings. The molecule has 0 aromatic heterocycles. The summed E-state index contributed by atoms with van der Waals surface area (Å²) in [5.41, 5.74) is 0.293. The van der Waals surface area contributed by atoms with Gasteiger partial charge in [0.2, 0.25) is 0 Å². The highest BCUT2D eigenvalue weighted by Crippen LogP contribution is 2.36. The normalized spacial score (nSPS) is 17.9. The lowest BCUT2D eigenvalue weighted by Gasteiger charge is -2.32. The summed E-state index contributed by atoms with van der Waals surface area (Å²) >= 11 is 20.1. The predicted molar refractivity (Wildman–Crippen MR) is 132 cm³/mol. The summed E-state index contributed by atoms with van der Waals surface area (Å²) in [6, 6.07) is 9.69. The van der Waals surface area contributed by atoms with E-state index >= 15 is 0 Å². The van der Waals surface area contributed by atoms with Crippen molar-refractivity contribution >= 4 is 68.2 Å². The first-order chi connectivity index (χ1) is 15.1. The summed E-state index contributed by atoms with van der Waals surface area (Å²) in [7, 11) is -3.96. The first-order valence-electron chi connectivity index (χ1n) is 9.91. The first-order valence-corrected chi connectivity index (χ1v) is 13.6. The summed E-state index contributed by atoms with van der Waals surface area (Å²) in [5.74, 6) is 0.374. The maximum absolute atomic E-state index is 13.6. The predicted octanol–water partition coefficient (Wildman–Crippen LogP) is 5.47. The zero-order valence-electron chi connectivity index (χ0n) is 17.2. The molecule has 1 aliphatic rings. The van der Waals surface area contributed by atoms with Gasteiger partial charge in [-0.3, -0.25) is 14.0 Å². The molecule has 0 radical (unpaired) electrons. The second kappa shape index (κ2) is 10.8. The van der Waals surface area contributed by atoms with E-state index in [0.29, 0.717) is 46.7 Å². The lowest BCUT2D eigenvalue weighted by atomic mass is 10.1. The van der Waals surface area contributed by atoms with Crippen LogP contribution in [0, 0.1) is 0 Å². The van der Waals surface area contributed by atoms with Gasteiger partial charge in [0.1, 0.15) is 6.04 Å². The van der Waals surface area contributed by atoms with Gasteiger partial charge in [0.25, 0.3) is 10.0 Å². The number of carbonyl (C=O) groups is 1. The molecule has 3 rings (SSSR count). The molecular weight excluding hydrogens is 515 g/mol. The molecule has 0 aliphatic carbocycles. The van der Waals surface area contributed by atoms with Crippen molar-refractivity contribution in [3.05, 3.63) is 57.5 Å². The van der Waals surface area contributed by atoms with Crippen LogP contribution in [0.25, 0.3) is 0 Å². The second-order valence-electron chi connectivity index (χ2n) is 7.51. The minimum Gasteiger partial charge on any atom is -0.480 e. The Morgan fingerprint density at radius 2 is 1.84 bits per heavy atom. The molecule has 0 spiro atoms. The Morgan fingerprint density at radius 1 is 1.19 bits per heavy atom. The molecule has 11 heteroatoms. The zero-order chi connectivity index (χ0) is 23.5. The third-order valence-electron chi connectivity index (χ3n) is 5.24. The van der Waals surface area contributed by atoms with Gasteiger partial charge in [0.15, 0.2) is 0 Å². The number of benzene rings is 2. The number of rotatable bonds is 9. The molecule has 2 atom stereocenters. The van der Waals surface area contributed by atoms with Crippen molar-refractivity contribution in [3.8, 4) is 0 Å². The number of anilines is 1. The van der Waals surface area contributed by atoms with Gasteiger partial charge >= 0.3 is 5.97 Å². The average Bonchev–Trinajstić information content (AvgIpc) is 3.20. The van der Waals surface area contributed by atoms with Gasteiger partial charge in [-0.25, -0.2) is 8.42 Å². The molecule has 1 N–H and O–H groups in total. The van der Waals surface area contributed by atoms with E-state index in [0.717, 1.165) is 0 Å². The maximum atomic E-state index is 13.6. The van der Waals surface area contributed by atoms with E-state index < -0.39 is 28.1 Å². The molecule has 0 bridgehead atoms. The van der Waals surface area contributed by atoms with Crippen molar-refractivity contribution in [1.29, 1.82) is 0 Å². The van der Waals surface area contributed by atoms with E-state index in [1.54, 1.807) is 30.8 Å². The Bertz CT molecular complexity index is 1070. The molecule has 32 heavy (non-hydrogen) atoms. The van der Waals surface area contributed by atoms with Gasteiger partial charge in [-0.15, -0.1) is 11.8 Å². The van der Waals surface area contributed by atoms with Gasteiger partial charge < -0.3 is 5.11 Å². The molecule has 1 fully saturated rings. The molecule has 174 valence electrons. The summed E-state index contributed by atoms with van der Waals surface area (Å²) in [6.07, 6.45) is 1.12. The largest absolute Gasteiger partial charge is 0.480 e. The van der Waals surface area contributed by atoms with Crippen LogP contribution in [0.15, 0.2) is 47.4 Å². The number of carboxylic acid groups (broad SMARTS) is 1. The van der Waals surface area contributed by atoms with Crippen molar-refractivity contribution in [2.75, 3.05) is 22.5 Å². The van der Waals surface area contributed by atoms with E-state index in [1.807, 2.05) is 4.90 Å². The molecule has 6 nitrogen and oxygen atoms in total.